The Labute approximate surface area is 135 Å². The predicted molar refractivity (Wildman–Crippen MR) is 86.6 cm³/mol. The van der Waals surface area contributed by atoms with E-state index in [4.69, 9.17) is 0 Å². The van der Waals surface area contributed by atoms with Gasteiger partial charge in [-0.1, -0.05) is 30.0 Å². The normalized spacial score (nSPS) is 10.9. The smallest absolute Gasteiger partial charge is 0.237 e. The Morgan fingerprint density at radius 3 is 2.65 bits per heavy atom. The predicted octanol–water partition coefficient (Wildman–Crippen LogP) is 3.60. The van der Waals surface area contributed by atoms with E-state index in [1.165, 1.54) is 11.8 Å². The van der Waals surface area contributed by atoms with Crippen molar-refractivity contribution in [2.24, 2.45) is 0 Å². The van der Waals surface area contributed by atoms with E-state index in [1.54, 1.807) is 11.9 Å². The number of aromatic amines is 1. The van der Waals surface area contributed by atoms with Crippen molar-refractivity contribution in [3.05, 3.63) is 54.1 Å². The number of fused-ring (bicyclic) bond motifs is 1. The number of rotatable bonds is 4. The Hall–Kier alpha value is -2.41. The third-order valence-corrected chi connectivity index (χ3v) is 4.21. The lowest BCUT2D eigenvalue weighted by Crippen LogP contribution is -2.27. The van der Waals surface area contributed by atoms with Crippen molar-refractivity contribution < 1.29 is 13.6 Å². The molecule has 0 saturated heterocycles. The first-order valence-corrected chi connectivity index (χ1v) is 7.82. The van der Waals surface area contributed by atoms with Gasteiger partial charge in [0, 0.05) is 24.9 Å². The number of hydrogen-bond acceptors (Lipinski definition) is 3. The largest absolute Gasteiger partial charge is 0.333 e. The highest BCUT2D eigenvalue weighted by molar-refractivity contribution is 7.99. The van der Waals surface area contributed by atoms with Crippen molar-refractivity contribution in [2.75, 3.05) is 17.7 Å². The Morgan fingerprint density at radius 1 is 1.22 bits per heavy atom. The molecule has 7 heteroatoms. The van der Waals surface area contributed by atoms with Crippen LogP contribution in [0.15, 0.2) is 47.6 Å². The zero-order valence-electron chi connectivity index (χ0n) is 12.2. The number of nitrogens with one attached hydrogen (secondary N) is 1. The summed E-state index contributed by atoms with van der Waals surface area (Å²) in [4.78, 5) is 20.8. The molecule has 3 aromatic rings. The van der Waals surface area contributed by atoms with Crippen LogP contribution in [-0.2, 0) is 4.79 Å². The number of H-pyrrole nitrogens is 1. The first kappa shape index (κ1) is 15.5. The van der Waals surface area contributed by atoms with Gasteiger partial charge in [-0.25, -0.2) is 13.8 Å². The molecule has 0 spiro atoms. The van der Waals surface area contributed by atoms with Crippen LogP contribution in [0, 0.1) is 11.6 Å². The highest BCUT2D eigenvalue weighted by Gasteiger charge is 2.13. The first-order valence-electron chi connectivity index (χ1n) is 6.84. The third-order valence-electron chi connectivity index (χ3n) is 3.35. The van der Waals surface area contributed by atoms with Gasteiger partial charge in [0.05, 0.1) is 16.8 Å². The molecule has 1 amide bonds. The molecule has 3 rings (SSSR count). The van der Waals surface area contributed by atoms with Crippen molar-refractivity contribution in [1.29, 1.82) is 0 Å². The minimum atomic E-state index is -0.944. The molecule has 118 valence electrons. The van der Waals surface area contributed by atoms with Gasteiger partial charge >= 0.3 is 0 Å². The summed E-state index contributed by atoms with van der Waals surface area (Å²) in [5.41, 5.74) is 1.53. The number of anilines is 1. The number of nitrogens with zero attached hydrogens (tertiary/aromatic N) is 2. The van der Waals surface area contributed by atoms with Gasteiger partial charge in [0.1, 0.15) is 0 Å². The molecule has 1 N–H and O–H groups in total. The molecule has 0 saturated carbocycles. The van der Waals surface area contributed by atoms with Gasteiger partial charge in [0.2, 0.25) is 5.91 Å². The fraction of sp³-hybridized carbons (Fsp3) is 0.125. The highest BCUT2D eigenvalue weighted by Crippen LogP contribution is 2.22. The lowest BCUT2D eigenvalue weighted by atomic mass is 10.3. The molecule has 0 unspecified atom stereocenters. The zero-order chi connectivity index (χ0) is 16.4. The van der Waals surface area contributed by atoms with Crippen LogP contribution >= 0.6 is 11.8 Å². The molecule has 0 aliphatic carbocycles. The molecule has 1 aromatic heterocycles. The number of amides is 1. The number of carbonyl (C=O) groups is 1. The molecule has 0 bridgehead atoms. The summed E-state index contributed by atoms with van der Waals surface area (Å²) >= 11 is 1.19. The van der Waals surface area contributed by atoms with Crippen molar-refractivity contribution in [3.63, 3.8) is 0 Å². The number of aromatic nitrogens is 2. The Balaban J connectivity index is 1.69. The van der Waals surface area contributed by atoms with Gasteiger partial charge in [-0.05, 0) is 12.1 Å². The number of hydrogen-bond donors (Lipinski definition) is 1. The van der Waals surface area contributed by atoms with Crippen LogP contribution in [0.2, 0.25) is 0 Å². The van der Waals surface area contributed by atoms with E-state index >= 15 is 0 Å². The Bertz CT molecular complexity index is 812. The number of para-hydroxylation sites is 1. The molecule has 1 heterocycles. The quantitative estimate of drug-likeness (QED) is 0.742. The van der Waals surface area contributed by atoms with Gasteiger partial charge in [-0.2, -0.15) is 0 Å². The molecular weight excluding hydrogens is 320 g/mol. The van der Waals surface area contributed by atoms with Crippen LogP contribution in [0.3, 0.4) is 0 Å². The van der Waals surface area contributed by atoms with Gasteiger partial charge < -0.3 is 9.88 Å². The fourth-order valence-electron chi connectivity index (χ4n) is 2.07. The molecule has 0 aliphatic rings. The molecule has 23 heavy (non-hydrogen) atoms. The van der Waals surface area contributed by atoms with Crippen molar-refractivity contribution in [3.8, 4) is 0 Å². The van der Waals surface area contributed by atoms with Crippen molar-refractivity contribution >= 4 is 34.4 Å². The molecule has 0 radical (unpaired) electrons. The summed E-state index contributed by atoms with van der Waals surface area (Å²) in [5.74, 6) is -1.81. The summed E-state index contributed by atoms with van der Waals surface area (Å²) in [6, 6.07) is 11.4. The van der Waals surface area contributed by atoms with E-state index in [0.29, 0.717) is 16.2 Å². The van der Waals surface area contributed by atoms with E-state index in [0.717, 1.165) is 17.8 Å². The van der Waals surface area contributed by atoms with Crippen LogP contribution in [0.5, 0.6) is 0 Å². The van der Waals surface area contributed by atoms with E-state index < -0.39 is 11.6 Å². The van der Waals surface area contributed by atoms with Crippen LogP contribution in [0.1, 0.15) is 0 Å². The summed E-state index contributed by atoms with van der Waals surface area (Å²) in [7, 11) is 1.70. The second-order valence-electron chi connectivity index (χ2n) is 4.90. The van der Waals surface area contributed by atoms with Gasteiger partial charge in [0.15, 0.2) is 16.8 Å². The van der Waals surface area contributed by atoms with Gasteiger partial charge in [-0.15, -0.1) is 0 Å². The molecule has 2 aromatic carbocycles. The maximum atomic E-state index is 13.2. The SMILES string of the molecule is CN(C(=O)CSc1nc2cc(F)c(F)cc2[nH]1)c1ccccc1. The summed E-state index contributed by atoms with van der Waals surface area (Å²) in [6.45, 7) is 0. The zero-order valence-corrected chi connectivity index (χ0v) is 13.0. The molecule has 0 atom stereocenters. The van der Waals surface area contributed by atoms with Gasteiger partial charge in [-0.3, -0.25) is 4.79 Å². The Kier molecular flexibility index (Phi) is 4.29. The topological polar surface area (TPSA) is 49.0 Å². The second-order valence-corrected chi connectivity index (χ2v) is 5.87. The van der Waals surface area contributed by atoms with Crippen LogP contribution in [0.25, 0.3) is 11.0 Å². The van der Waals surface area contributed by atoms with Crippen molar-refractivity contribution in [2.45, 2.75) is 5.16 Å². The monoisotopic (exact) mass is 333 g/mol. The second kappa shape index (κ2) is 6.37. The highest BCUT2D eigenvalue weighted by atomic mass is 32.2. The molecular formula is C16H13F2N3OS. The minimum Gasteiger partial charge on any atom is -0.333 e. The lowest BCUT2D eigenvalue weighted by molar-refractivity contribution is -0.115. The third kappa shape index (κ3) is 3.34. The first-order chi connectivity index (χ1) is 11.0. The summed E-state index contributed by atoms with van der Waals surface area (Å²) in [6.07, 6.45) is 0. The maximum absolute atomic E-state index is 13.2. The number of thioether (sulfide) groups is 1. The van der Waals surface area contributed by atoms with E-state index in [2.05, 4.69) is 9.97 Å². The van der Waals surface area contributed by atoms with E-state index in [9.17, 15) is 13.6 Å². The molecule has 4 nitrogen and oxygen atoms in total. The number of halogens is 2. The van der Waals surface area contributed by atoms with Gasteiger partial charge in [0.25, 0.3) is 0 Å². The average molecular weight is 333 g/mol. The summed E-state index contributed by atoms with van der Waals surface area (Å²) < 4.78 is 26.3. The number of carbonyl (C=O) groups excluding carboxylic acids is 1. The van der Waals surface area contributed by atoms with Crippen LogP contribution < -0.4 is 4.90 Å². The fourth-order valence-corrected chi connectivity index (χ4v) is 2.87. The minimum absolute atomic E-state index is 0.0981. The average Bonchev–Trinajstić information content (AvgIpc) is 2.95. The lowest BCUT2D eigenvalue weighted by Gasteiger charge is -2.16. The van der Waals surface area contributed by atoms with Crippen molar-refractivity contribution in [1.82, 2.24) is 9.97 Å². The van der Waals surface area contributed by atoms with Crippen LogP contribution in [-0.4, -0.2) is 28.7 Å². The van der Waals surface area contributed by atoms with E-state index in [1.807, 2.05) is 30.3 Å². The maximum Gasteiger partial charge on any atom is 0.237 e. The standard InChI is InChI=1S/C16H13F2N3OS/c1-21(10-5-3-2-4-6-10)15(22)9-23-16-19-13-7-11(17)12(18)8-14(13)20-16/h2-8H,9H2,1H3,(H,19,20). The summed E-state index contributed by atoms with van der Waals surface area (Å²) in [5, 5.41) is 0.444. The van der Waals surface area contributed by atoms with Crippen LogP contribution in [0.4, 0.5) is 14.5 Å². The molecule has 0 fully saturated rings. The number of benzene rings is 2. The molecule has 0 aliphatic heterocycles. The number of imidazole rings is 1. The Morgan fingerprint density at radius 2 is 1.91 bits per heavy atom. The van der Waals surface area contributed by atoms with E-state index in [-0.39, 0.29) is 11.7 Å².